The fourth-order valence-corrected chi connectivity index (χ4v) is 5.23. The van der Waals surface area contributed by atoms with Crippen LogP contribution in [0.25, 0.3) is 0 Å². The summed E-state index contributed by atoms with van der Waals surface area (Å²) in [5.41, 5.74) is 0. The van der Waals surface area contributed by atoms with Crippen LogP contribution in [-0.2, 0) is 19.6 Å². The topological polar surface area (TPSA) is 66.9 Å². The van der Waals surface area contributed by atoms with Gasteiger partial charge in [-0.2, -0.15) is 4.31 Å². The fourth-order valence-electron chi connectivity index (χ4n) is 4.16. The third-order valence-electron chi connectivity index (χ3n) is 5.30. The maximum atomic E-state index is 12.8. The van der Waals surface area contributed by atoms with Crippen LogP contribution in [0.5, 0.6) is 0 Å². The number of rotatable bonds is 3. The second-order valence-corrected chi connectivity index (χ2v) is 8.57. The van der Waals surface area contributed by atoms with Gasteiger partial charge in [0.15, 0.2) is 0 Å². The molecule has 0 radical (unpaired) electrons. The Hall–Kier alpha value is -0.660. The molecule has 3 aliphatic rings. The Kier molecular flexibility index (Phi) is 4.00. The van der Waals surface area contributed by atoms with Crippen molar-refractivity contribution in [3.05, 3.63) is 0 Å². The summed E-state index contributed by atoms with van der Waals surface area (Å²) in [7, 11) is -1.81. The summed E-state index contributed by atoms with van der Waals surface area (Å²) in [5.74, 6) is 1.22. The quantitative estimate of drug-likeness (QED) is 0.751. The van der Waals surface area contributed by atoms with Gasteiger partial charge in [0.1, 0.15) is 6.04 Å². The summed E-state index contributed by atoms with van der Waals surface area (Å²) >= 11 is 0. The van der Waals surface area contributed by atoms with Gasteiger partial charge in [-0.25, -0.2) is 8.42 Å². The smallest absolute Gasteiger partial charge is 0.241 e. The molecule has 0 aromatic carbocycles. The molecule has 2 heterocycles. The second-order valence-electron chi connectivity index (χ2n) is 6.64. The van der Waals surface area contributed by atoms with E-state index in [2.05, 4.69) is 0 Å². The molecule has 0 N–H and O–H groups in total. The molecule has 7 heteroatoms. The van der Waals surface area contributed by atoms with Gasteiger partial charge in [0.05, 0.1) is 12.4 Å². The van der Waals surface area contributed by atoms with E-state index in [1.165, 1.54) is 29.8 Å². The molecule has 1 amide bonds. The molecule has 2 saturated heterocycles. The van der Waals surface area contributed by atoms with Crippen molar-refractivity contribution in [2.24, 2.45) is 11.8 Å². The Balaban J connectivity index is 1.73. The van der Waals surface area contributed by atoms with E-state index >= 15 is 0 Å². The molecule has 4 atom stereocenters. The number of fused-ring (bicyclic) bond motifs is 1. The van der Waals surface area contributed by atoms with E-state index in [9.17, 15) is 13.2 Å². The summed E-state index contributed by atoms with van der Waals surface area (Å²) in [4.78, 5) is 14.6. The molecule has 0 aromatic heterocycles. The average molecular weight is 316 g/mol. The number of sulfonamides is 1. The lowest BCUT2D eigenvalue weighted by molar-refractivity contribution is -0.134. The van der Waals surface area contributed by atoms with Gasteiger partial charge >= 0.3 is 0 Å². The van der Waals surface area contributed by atoms with E-state index in [-0.39, 0.29) is 18.6 Å². The first kappa shape index (κ1) is 15.2. The number of ether oxygens (including phenoxy) is 1. The van der Waals surface area contributed by atoms with Crippen molar-refractivity contribution in [3.8, 4) is 0 Å². The molecule has 1 saturated carbocycles. The van der Waals surface area contributed by atoms with Crippen LogP contribution < -0.4 is 0 Å². The van der Waals surface area contributed by atoms with Crippen LogP contribution in [0.2, 0.25) is 0 Å². The first-order chi connectivity index (χ1) is 9.90. The molecule has 0 bridgehead atoms. The molecule has 0 unspecified atom stereocenters. The van der Waals surface area contributed by atoms with Crippen molar-refractivity contribution in [3.63, 3.8) is 0 Å². The van der Waals surface area contributed by atoms with Crippen molar-refractivity contribution >= 4 is 15.9 Å². The lowest BCUT2D eigenvalue weighted by Gasteiger charge is -2.26. The standard InChI is InChI=1S/C14H24N2O4S/c1-20-12-6-13(16(9-12)21(2,18)19)14(17)15-7-10-4-3-5-11(10)8-15/h10-13H,3-9H2,1-2H3/t10-,11-,12+,13-/m1/s1. The summed E-state index contributed by atoms with van der Waals surface area (Å²) in [5, 5.41) is 0. The van der Waals surface area contributed by atoms with Crippen LogP contribution in [0.1, 0.15) is 25.7 Å². The van der Waals surface area contributed by atoms with Crippen LogP contribution in [0.4, 0.5) is 0 Å². The molecule has 120 valence electrons. The van der Waals surface area contributed by atoms with Gasteiger partial charge in [-0.15, -0.1) is 0 Å². The predicted molar refractivity (Wildman–Crippen MR) is 78.2 cm³/mol. The molecule has 2 aliphatic heterocycles. The maximum Gasteiger partial charge on any atom is 0.241 e. The first-order valence-corrected chi connectivity index (χ1v) is 9.53. The Morgan fingerprint density at radius 2 is 1.76 bits per heavy atom. The third-order valence-corrected chi connectivity index (χ3v) is 6.56. The highest BCUT2D eigenvalue weighted by molar-refractivity contribution is 7.88. The minimum absolute atomic E-state index is 0.0330. The summed E-state index contributed by atoms with van der Waals surface area (Å²) in [6.07, 6.45) is 5.13. The first-order valence-electron chi connectivity index (χ1n) is 7.68. The van der Waals surface area contributed by atoms with Gasteiger partial charge in [-0.1, -0.05) is 6.42 Å². The third kappa shape index (κ3) is 2.83. The highest BCUT2D eigenvalue weighted by atomic mass is 32.2. The monoisotopic (exact) mass is 316 g/mol. The predicted octanol–water partition coefficient (Wildman–Crippen LogP) is 0.294. The fraction of sp³-hybridized carbons (Fsp3) is 0.929. The van der Waals surface area contributed by atoms with E-state index in [0.717, 1.165) is 13.1 Å². The van der Waals surface area contributed by atoms with Gasteiger partial charge in [-0.05, 0) is 24.7 Å². The van der Waals surface area contributed by atoms with Crippen LogP contribution in [0.15, 0.2) is 0 Å². The van der Waals surface area contributed by atoms with E-state index in [1.807, 2.05) is 4.90 Å². The zero-order chi connectivity index (χ0) is 15.2. The number of carbonyl (C=O) groups is 1. The van der Waals surface area contributed by atoms with E-state index in [1.54, 1.807) is 7.11 Å². The minimum atomic E-state index is -3.38. The van der Waals surface area contributed by atoms with Crippen LogP contribution in [0, 0.1) is 11.8 Å². The van der Waals surface area contributed by atoms with Crippen molar-refractivity contribution in [1.82, 2.24) is 9.21 Å². The molecule has 3 fully saturated rings. The number of hydrogen-bond donors (Lipinski definition) is 0. The van der Waals surface area contributed by atoms with E-state index in [0.29, 0.717) is 18.3 Å². The highest BCUT2D eigenvalue weighted by Crippen LogP contribution is 2.38. The Labute approximate surface area is 126 Å². The summed E-state index contributed by atoms with van der Waals surface area (Å²) in [6.45, 7) is 1.89. The Bertz CT molecular complexity index is 509. The average Bonchev–Trinajstić information content (AvgIpc) is 3.10. The van der Waals surface area contributed by atoms with Crippen molar-refractivity contribution in [2.45, 2.75) is 37.8 Å². The zero-order valence-corrected chi connectivity index (χ0v) is 13.5. The van der Waals surface area contributed by atoms with E-state index < -0.39 is 16.1 Å². The molecular formula is C14H24N2O4S. The number of hydrogen-bond acceptors (Lipinski definition) is 4. The lowest BCUT2D eigenvalue weighted by Crippen LogP contribution is -2.47. The molecular weight excluding hydrogens is 292 g/mol. The highest BCUT2D eigenvalue weighted by Gasteiger charge is 2.46. The molecule has 1 aliphatic carbocycles. The van der Waals surface area contributed by atoms with Gasteiger partial charge in [0.25, 0.3) is 0 Å². The molecule has 6 nitrogen and oxygen atoms in total. The van der Waals surface area contributed by atoms with E-state index in [4.69, 9.17) is 4.74 Å². The number of amides is 1. The van der Waals surface area contributed by atoms with Crippen molar-refractivity contribution in [1.29, 1.82) is 0 Å². The lowest BCUT2D eigenvalue weighted by atomic mass is 10.0. The molecule has 0 aromatic rings. The Morgan fingerprint density at radius 1 is 1.14 bits per heavy atom. The Morgan fingerprint density at radius 3 is 2.29 bits per heavy atom. The van der Waals surface area contributed by atoms with Gasteiger partial charge in [0, 0.05) is 33.2 Å². The second kappa shape index (κ2) is 5.52. The SMILES string of the molecule is CO[C@H]1C[C@H](C(=O)N2C[C@H]3CCC[C@@H]3C2)N(S(C)(=O)=O)C1. The number of carbonyl (C=O) groups excluding carboxylic acids is 1. The van der Waals surface area contributed by atoms with Crippen molar-refractivity contribution < 1.29 is 17.9 Å². The minimum Gasteiger partial charge on any atom is -0.380 e. The van der Waals surface area contributed by atoms with Gasteiger partial charge in [0.2, 0.25) is 15.9 Å². The maximum absolute atomic E-state index is 12.8. The molecule has 0 spiro atoms. The van der Waals surface area contributed by atoms with Crippen molar-refractivity contribution in [2.75, 3.05) is 33.0 Å². The summed E-state index contributed by atoms with van der Waals surface area (Å²) < 4.78 is 30.4. The largest absolute Gasteiger partial charge is 0.380 e. The number of methoxy groups -OCH3 is 1. The van der Waals surface area contributed by atoms with Gasteiger partial charge < -0.3 is 9.64 Å². The summed E-state index contributed by atoms with van der Waals surface area (Å²) in [6, 6.07) is -0.580. The van der Waals surface area contributed by atoms with Crippen LogP contribution >= 0.6 is 0 Å². The van der Waals surface area contributed by atoms with Crippen LogP contribution in [-0.4, -0.2) is 68.7 Å². The number of nitrogens with zero attached hydrogens (tertiary/aromatic N) is 2. The van der Waals surface area contributed by atoms with Gasteiger partial charge in [-0.3, -0.25) is 4.79 Å². The zero-order valence-electron chi connectivity index (χ0n) is 12.7. The normalized spacial score (nSPS) is 37.1. The van der Waals surface area contributed by atoms with Crippen LogP contribution in [0.3, 0.4) is 0 Å². The number of likely N-dealkylation sites (tertiary alicyclic amines) is 1. The molecule has 3 rings (SSSR count). The molecule has 21 heavy (non-hydrogen) atoms.